The Labute approximate surface area is 144 Å². The molecule has 1 aliphatic rings. The molecule has 0 radical (unpaired) electrons. The van der Waals surface area contributed by atoms with Crippen LogP contribution in [0.1, 0.15) is 21.6 Å². The van der Waals surface area contributed by atoms with E-state index in [2.05, 4.69) is 10.3 Å². The molecule has 1 amide bonds. The molecule has 0 aliphatic heterocycles. The zero-order valence-corrected chi connectivity index (χ0v) is 13.7. The summed E-state index contributed by atoms with van der Waals surface area (Å²) in [5.41, 5.74) is 3.66. The second-order valence-electron chi connectivity index (χ2n) is 6.24. The van der Waals surface area contributed by atoms with Crippen molar-refractivity contribution >= 4 is 28.4 Å². The standard InChI is InChI=1S/C19H17ClN2O2/c20-14-5-6-15-13(7-14)9-17(21-15)19(24)22-16-8-11-3-1-2-4-12(11)10-18(16)23/h1-7,9,16,18,21,23H,8,10H2,(H,22,24)/t16?,18-/m1/s1. The molecule has 122 valence electrons. The number of benzene rings is 2. The van der Waals surface area contributed by atoms with Gasteiger partial charge in [-0.05, 0) is 41.8 Å². The van der Waals surface area contributed by atoms with Gasteiger partial charge in [0.2, 0.25) is 0 Å². The van der Waals surface area contributed by atoms with Crippen molar-refractivity contribution in [1.29, 1.82) is 0 Å². The number of amides is 1. The Hall–Kier alpha value is -2.30. The molecule has 4 rings (SSSR count). The normalized spacial score (nSPS) is 19.9. The minimum Gasteiger partial charge on any atom is -0.391 e. The smallest absolute Gasteiger partial charge is 0.268 e. The number of aromatic amines is 1. The Kier molecular flexibility index (Phi) is 3.79. The first-order chi connectivity index (χ1) is 11.6. The van der Waals surface area contributed by atoms with Gasteiger partial charge in [-0.15, -0.1) is 0 Å². The number of nitrogens with one attached hydrogen (secondary N) is 2. The van der Waals surface area contributed by atoms with Gasteiger partial charge in [-0.2, -0.15) is 0 Å². The van der Waals surface area contributed by atoms with E-state index in [0.717, 1.165) is 16.5 Å². The number of carbonyl (C=O) groups excluding carboxylic acids is 1. The van der Waals surface area contributed by atoms with E-state index in [9.17, 15) is 9.90 Å². The van der Waals surface area contributed by atoms with Crippen molar-refractivity contribution in [3.05, 3.63) is 70.4 Å². The molecular formula is C19H17ClN2O2. The summed E-state index contributed by atoms with van der Waals surface area (Å²) in [6.45, 7) is 0. The van der Waals surface area contributed by atoms with Crippen LogP contribution in [0.25, 0.3) is 10.9 Å². The molecule has 1 aliphatic carbocycles. The van der Waals surface area contributed by atoms with Gasteiger partial charge in [-0.25, -0.2) is 0 Å². The van der Waals surface area contributed by atoms with Crippen molar-refractivity contribution in [3.63, 3.8) is 0 Å². The van der Waals surface area contributed by atoms with Crippen molar-refractivity contribution in [1.82, 2.24) is 10.3 Å². The Morgan fingerprint density at radius 3 is 2.67 bits per heavy atom. The van der Waals surface area contributed by atoms with Crippen molar-refractivity contribution in [2.24, 2.45) is 0 Å². The van der Waals surface area contributed by atoms with E-state index < -0.39 is 6.10 Å². The average molecular weight is 341 g/mol. The van der Waals surface area contributed by atoms with Crippen LogP contribution in [0.3, 0.4) is 0 Å². The maximum absolute atomic E-state index is 12.5. The summed E-state index contributed by atoms with van der Waals surface area (Å²) in [6.07, 6.45) is 0.612. The number of fused-ring (bicyclic) bond motifs is 2. The quantitative estimate of drug-likeness (QED) is 0.671. The maximum Gasteiger partial charge on any atom is 0.268 e. The topological polar surface area (TPSA) is 65.1 Å². The van der Waals surface area contributed by atoms with Gasteiger partial charge in [-0.1, -0.05) is 35.9 Å². The van der Waals surface area contributed by atoms with E-state index in [1.165, 1.54) is 5.56 Å². The summed E-state index contributed by atoms with van der Waals surface area (Å²) >= 11 is 5.98. The molecule has 1 aromatic heterocycles. The van der Waals surface area contributed by atoms with Crippen LogP contribution in [0.2, 0.25) is 5.02 Å². The van der Waals surface area contributed by atoms with Gasteiger partial charge in [0.15, 0.2) is 0 Å². The molecule has 1 unspecified atom stereocenters. The van der Waals surface area contributed by atoms with Gasteiger partial charge in [0.1, 0.15) is 5.69 Å². The number of hydrogen-bond donors (Lipinski definition) is 3. The second kappa shape index (κ2) is 5.96. The summed E-state index contributed by atoms with van der Waals surface area (Å²) in [7, 11) is 0. The van der Waals surface area contributed by atoms with Crippen LogP contribution in [0.4, 0.5) is 0 Å². The SMILES string of the molecule is O=C(NC1Cc2ccccc2C[C@H]1O)c1cc2cc(Cl)ccc2[nH]1. The first-order valence-electron chi connectivity index (χ1n) is 7.94. The lowest BCUT2D eigenvalue weighted by Gasteiger charge is -2.30. The van der Waals surface area contributed by atoms with Crippen molar-refractivity contribution in [2.45, 2.75) is 25.0 Å². The summed E-state index contributed by atoms with van der Waals surface area (Å²) < 4.78 is 0. The summed E-state index contributed by atoms with van der Waals surface area (Å²) in [5, 5.41) is 14.8. The van der Waals surface area contributed by atoms with E-state index in [1.807, 2.05) is 36.4 Å². The maximum atomic E-state index is 12.5. The predicted molar refractivity (Wildman–Crippen MR) is 94.4 cm³/mol. The molecule has 0 bridgehead atoms. The van der Waals surface area contributed by atoms with E-state index in [-0.39, 0.29) is 11.9 Å². The van der Waals surface area contributed by atoms with Gasteiger partial charge >= 0.3 is 0 Å². The highest BCUT2D eigenvalue weighted by molar-refractivity contribution is 6.31. The van der Waals surface area contributed by atoms with Gasteiger partial charge in [0.25, 0.3) is 5.91 Å². The summed E-state index contributed by atoms with van der Waals surface area (Å²) in [4.78, 5) is 15.6. The van der Waals surface area contributed by atoms with Crippen LogP contribution in [0.15, 0.2) is 48.5 Å². The Morgan fingerprint density at radius 2 is 1.88 bits per heavy atom. The fourth-order valence-electron chi connectivity index (χ4n) is 3.32. The lowest BCUT2D eigenvalue weighted by atomic mass is 9.86. The molecule has 2 atom stereocenters. The van der Waals surface area contributed by atoms with Crippen molar-refractivity contribution in [2.75, 3.05) is 0 Å². The number of rotatable bonds is 2. The van der Waals surface area contributed by atoms with E-state index in [1.54, 1.807) is 12.1 Å². The molecule has 3 aromatic rings. The first-order valence-corrected chi connectivity index (χ1v) is 8.32. The first kappa shape index (κ1) is 15.2. The molecule has 0 saturated heterocycles. The van der Waals surface area contributed by atoms with E-state index in [4.69, 9.17) is 11.6 Å². The molecule has 1 heterocycles. The number of H-pyrrole nitrogens is 1. The minimum absolute atomic E-state index is 0.217. The molecule has 0 saturated carbocycles. The van der Waals surface area contributed by atoms with Crippen LogP contribution in [0, 0.1) is 0 Å². The minimum atomic E-state index is -0.581. The lowest BCUT2D eigenvalue weighted by molar-refractivity contribution is 0.0811. The Bertz CT molecular complexity index is 919. The number of hydrogen-bond acceptors (Lipinski definition) is 2. The molecular weight excluding hydrogens is 324 g/mol. The number of halogens is 1. The summed E-state index contributed by atoms with van der Waals surface area (Å²) in [6, 6.07) is 15.0. The van der Waals surface area contributed by atoms with Gasteiger partial charge in [0.05, 0.1) is 12.1 Å². The number of aromatic nitrogens is 1. The Balaban J connectivity index is 1.55. The molecule has 3 N–H and O–H groups in total. The zero-order chi connectivity index (χ0) is 16.7. The highest BCUT2D eigenvalue weighted by Crippen LogP contribution is 2.23. The lowest BCUT2D eigenvalue weighted by Crippen LogP contribution is -2.48. The molecule has 24 heavy (non-hydrogen) atoms. The fraction of sp³-hybridized carbons (Fsp3) is 0.211. The zero-order valence-electron chi connectivity index (χ0n) is 12.9. The van der Waals surface area contributed by atoms with E-state index >= 15 is 0 Å². The van der Waals surface area contributed by atoms with Crippen LogP contribution in [-0.2, 0) is 12.8 Å². The van der Waals surface area contributed by atoms with Gasteiger partial charge in [0, 0.05) is 22.3 Å². The van der Waals surface area contributed by atoms with Crippen LogP contribution in [0.5, 0.6) is 0 Å². The molecule has 2 aromatic carbocycles. The number of carbonyl (C=O) groups is 1. The number of aliphatic hydroxyl groups is 1. The second-order valence-corrected chi connectivity index (χ2v) is 6.68. The van der Waals surface area contributed by atoms with Gasteiger partial charge < -0.3 is 15.4 Å². The Morgan fingerprint density at radius 1 is 1.12 bits per heavy atom. The van der Waals surface area contributed by atoms with Gasteiger partial charge in [-0.3, -0.25) is 4.79 Å². The van der Waals surface area contributed by atoms with Crippen molar-refractivity contribution in [3.8, 4) is 0 Å². The highest BCUT2D eigenvalue weighted by atomic mass is 35.5. The molecule has 4 nitrogen and oxygen atoms in total. The van der Waals surface area contributed by atoms with E-state index in [0.29, 0.717) is 23.6 Å². The van der Waals surface area contributed by atoms with Crippen LogP contribution < -0.4 is 5.32 Å². The predicted octanol–water partition coefficient (Wildman–Crippen LogP) is 3.08. The number of aliphatic hydroxyl groups excluding tert-OH is 1. The third-order valence-corrected chi connectivity index (χ3v) is 4.83. The van der Waals surface area contributed by atoms with Crippen LogP contribution in [-0.4, -0.2) is 28.1 Å². The molecule has 0 fully saturated rings. The molecule has 5 heteroatoms. The highest BCUT2D eigenvalue weighted by Gasteiger charge is 2.28. The third kappa shape index (κ3) is 2.79. The fourth-order valence-corrected chi connectivity index (χ4v) is 3.50. The monoisotopic (exact) mass is 340 g/mol. The average Bonchev–Trinajstić information content (AvgIpc) is 2.98. The largest absolute Gasteiger partial charge is 0.391 e. The third-order valence-electron chi connectivity index (χ3n) is 4.60. The molecule has 0 spiro atoms. The summed E-state index contributed by atoms with van der Waals surface area (Å²) in [5.74, 6) is -0.217. The van der Waals surface area contributed by atoms with Crippen molar-refractivity contribution < 1.29 is 9.90 Å². The van der Waals surface area contributed by atoms with Crippen LogP contribution >= 0.6 is 11.6 Å².